The summed E-state index contributed by atoms with van der Waals surface area (Å²) in [5.41, 5.74) is 1.91. The summed E-state index contributed by atoms with van der Waals surface area (Å²) in [6.07, 6.45) is 1.55. The van der Waals surface area contributed by atoms with Crippen molar-refractivity contribution in [1.82, 2.24) is 9.36 Å². The second-order valence-corrected chi connectivity index (χ2v) is 5.49. The molecule has 0 bridgehead atoms. The van der Waals surface area contributed by atoms with E-state index in [1.54, 1.807) is 25.2 Å². The van der Waals surface area contributed by atoms with Crippen LogP contribution in [0.4, 0.5) is 0 Å². The SMILES string of the molecule is COc1ccc(CSc2ncns2)cc1C#CCO. The minimum atomic E-state index is -0.160. The zero-order valence-electron chi connectivity index (χ0n) is 10.3. The predicted molar refractivity (Wildman–Crippen MR) is 76.4 cm³/mol. The maximum atomic E-state index is 8.76. The Morgan fingerprint density at radius 3 is 3.05 bits per heavy atom. The van der Waals surface area contributed by atoms with Crippen molar-refractivity contribution in [2.45, 2.75) is 10.1 Å². The fraction of sp³-hybridized carbons (Fsp3) is 0.231. The molecule has 1 heterocycles. The van der Waals surface area contributed by atoms with E-state index in [9.17, 15) is 0 Å². The van der Waals surface area contributed by atoms with Gasteiger partial charge in [0.1, 0.15) is 18.7 Å². The van der Waals surface area contributed by atoms with Gasteiger partial charge in [-0.3, -0.25) is 0 Å². The first kappa shape index (κ1) is 13.9. The fourth-order valence-electron chi connectivity index (χ4n) is 1.45. The van der Waals surface area contributed by atoms with Gasteiger partial charge in [0.15, 0.2) is 4.34 Å². The number of aliphatic hydroxyl groups excluding tert-OH is 1. The predicted octanol–water partition coefficient (Wildman–Crippen LogP) is 2.18. The molecule has 19 heavy (non-hydrogen) atoms. The lowest BCUT2D eigenvalue weighted by Crippen LogP contribution is -1.90. The van der Waals surface area contributed by atoms with E-state index in [4.69, 9.17) is 9.84 Å². The zero-order chi connectivity index (χ0) is 13.5. The third-order valence-electron chi connectivity index (χ3n) is 2.27. The van der Waals surface area contributed by atoms with E-state index in [-0.39, 0.29) is 6.61 Å². The van der Waals surface area contributed by atoms with Crippen LogP contribution in [0.5, 0.6) is 5.75 Å². The van der Waals surface area contributed by atoms with Gasteiger partial charge in [-0.15, -0.1) is 0 Å². The first-order valence-corrected chi connectivity index (χ1v) is 7.25. The summed E-state index contributed by atoms with van der Waals surface area (Å²) in [6, 6.07) is 5.85. The molecule has 0 saturated heterocycles. The van der Waals surface area contributed by atoms with Gasteiger partial charge in [0.2, 0.25) is 0 Å². The van der Waals surface area contributed by atoms with Crippen molar-refractivity contribution >= 4 is 23.3 Å². The Morgan fingerprint density at radius 2 is 2.37 bits per heavy atom. The molecular formula is C13H12N2O2S2. The molecule has 0 fully saturated rings. The lowest BCUT2D eigenvalue weighted by atomic mass is 10.1. The van der Waals surface area contributed by atoms with E-state index in [1.165, 1.54) is 11.5 Å². The standard InChI is InChI=1S/C13H12N2O2S2/c1-17-12-5-4-10(7-11(12)3-2-6-16)8-18-13-14-9-15-19-13/h4-5,7,9,16H,6,8H2,1H3. The van der Waals surface area contributed by atoms with Gasteiger partial charge in [-0.25, -0.2) is 4.98 Å². The van der Waals surface area contributed by atoms with Crippen LogP contribution in [0.15, 0.2) is 28.9 Å². The molecule has 2 rings (SSSR count). The molecule has 1 aromatic heterocycles. The van der Waals surface area contributed by atoms with E-state index in [2.05, 4.69) is 21.2 Å². The second-order valence-electron chi connectivity index (χ2n) is 3.49. The van der Waals surface area contributed by atoms with E-state index in [1.807, 2.05) is 18.2 Å². The molecule has 2 aromatic rings. The molecule has 0 amide bonds. The molecule has 1 N–H and O–H groups in total. The maximum absolute atomic E-state index is 8.76. The van der Waals surface area contributed by atoms with E-state index in [0.29, 0.717) is 5.75 Å². The van der Waals surface area contributed by atoms with Crippen LogP contribution in [0.25, 0.3) is 0 Å². The Kier molecular flexibility index (Phi) is 5.21. The molecule has 0 radical (unpaired) electrons. The number of aliphatic hydroxyl groups is 1. The van der Waals surface area contributed by atoms with Crippen molar-refractivity contribution in [2.24, 2.45) is 0 Å². The molecule has 0 spiro atoms. The summed E-state index contributed by atoms with van der Waals surface area (Å²) in [4.78, 5) is 4.12. The summed E-state index contributed by atoms with van der Waals surface area (Å²) in [7, 11) is 1.61. The Bertz CT molecular complexity index is 588. The molecule has 6 heteroatoms. The quantitative estimate of drug-likeness (QED) is 0.691. The van der Waals surface area contributed by atoms with Gasteiger partial charge in [-0.2, -0.15) is 4.37 Å². The molecule has 0 unspecified atom stereocenters. The molecule has 0 aliphatic rings. The summed E-state index contributed by atoms with van der Waals surface area (Å²) in [5.74, 6) is 7.03. The van der Waals surface area contributed by atoms with Gasteiger partial charge in [0.25, 0.3) is 0 Å². The number of aromatic nitrogens is 2. The summed E-state index contributed by atoms with van der Waals surface area (Å²) in [5, 5.41) is 8.76. The van der Waals surface area contributed by atoms with Crippen molar-refractivity contribution < 1.29 is 9.84 Å². The Hall–Kier alpha value is -1.55. The Labute approximate surface area is 120 Å². The van der Waals surface area contributed by atoms with E-state index in [0.717, 1.165) is 21.2 Å². The summed E-state index contributed by atoms with van der Waals surface area (Å²) < 4.78 is 10.1. The number of ether oxygens (including phenoxy) is 1. The summed E-state index contributed by atoms with van der Waals surface area (Å²) in [6.45, 7) is -0.160. The zero-order valence-corrected chi connectivity index (χ0v) is 11.9. The van der Waals surface area contributed by atoms with Crippen LogP contribution < -0.4 is 4.74 Å². The van der Waals surface area contributed by atoms with Gasteiger partial charge in [0.05, 0.1) is 12.7 Å². The third kappa shape index (κ3) is 3.96. The molecule has 4 nitrogen and oxygen atoms in total. The number of hydrogen-bond acceptors (Lipinski definition) is 6. The number of hydrogen-bond donors (Lipinski definition) is 1. The molecule has 0 aliphatic carbocycles. The number of methoxy groups -OCH3 is 1. The largest absolute Gasteiger partial charge is 0.495 e. The van der Waals surface area contributed by atoms with Crippen LogP contribution in [0.3, 0.4) is 0 Å². The van der Waals surface area contributed by atoms with E-state index >= 15 is 0 Å². The fourth-order valence-corrected chi connectivity index (χ4v) is 2.84. The van der Waals surface area contributed by atoms with Crippen molar-refractivity contribution in [3.05, 3.63) is 35.7 Å². The highest BCUT2D eigenvalue weighted by Crippen LogP contribution is 2.26. The minimum Gasteiger partial charge on any atom is -0.495 e. The van der Waals surface area contributed by atoms with Crippen LogP contribution in [0, 0.1) is 11.8 Å². The third-order valence-corrected chi connectivity index (χ3v) is 4.14. The van der Waals surface area contributed by atoms with Gasteiger partial charge in [0, 0.05) is 5.75 Å². The van der Waals surface area contributed by atoms with Gasteiger partial charge >= 0.3 is 0 Å². The number of nitrogens with zero attached hydrogens (tertiary/aromatic N) is 2. The Morgan fingerprint density at radius 1 is 1.47 bits per heavy atom. The second kappa shape index (κ2) is 7.14. The van der Waals surface area contributed by atoms with Crippen LogP contribution in [0.1, 0.15) is 11.1 Å². The summed E-state index contributed by atoms with van der Waals surface area (Å²) >= 11 is 3.02. The lowest BCUT2D eigenvalue weighted by Gasteiger charge is -2.05. The first-order valence-electron chi connectivity index (χ1n) is 5.49. The van der Waals surface area contributed by atoms with Crippen LogP contribution in [-0.2, 0) is 5.75 Å². The van der Waals surface area contributed by atoms with Crippen molar-refractivity contribution in [3.63, 3.8) is 0 Å². The highest BCUT2D eigenvalue weighted by Gasteiger charge is 2.04. The normalized spacial score (nSPS) is 9.79. The molecule has 98 valence electrons. The molecule has 0 atom stereocenters. The number of thioether (sulfide) groups is 1. The number of rotatable bonds is 4. The number of benzene rings is 1. The topological polar surface area (TPSA) is 55.2 Å². The monoisotopic (exact) mass is 292 g/mol. The van der Waals surface area contributed by atoms with Crippen LogP contribution in [0.2, 0.25) is 0 Å². The van der Waals surface area contributed by atoms with Gasteiger partial charge in [-0.05, 0) is 29.2 Å². The first-order chi connectivity index (χ1) is 9.33. The van der Waals surface area contributed by atoms with Crippen LogP contribution >= 0.6 is 23.3 Å². The molecule has 0 aliphatic heterocycles. The highest BCUT2D eigenvalue weighted by molar-refractivity contribution is 8.00. The Balaban J connectivity index is 2.13. The van der Waals surface area contributed by atoms with Crippen molar-refractivity contribution in [1.29, 1.82) is 0 Å². The van der Waals surface area contributed by atoms with Crippen molar-refractivity contribution in [3.8, 4) is 17.6 Å². The van der Waals surface area contributed by atoms with Crippen LogP contribution in [-0.4, -0.2) is 28.2 Å². The minimum absolute atomic E-state index is 0.160. The maximum Gasteiger partial charge on any atom is 0.170 e. The lowest BCUT2D eigenvalue weighted by molar-refractivity contribution is 0.350. The molecular weight excluding hydrogens is 280 g/mol. The van der Waals surface area contributed by atoms with Gasteiger partial charge in [-0.1, -0.05) is 29.7 Å². The van der Waals surface area contributed by atoms with E-state index < -0.39 is 0 Å². The average molecular weight is 292 g/mol. The van der Waals surface area contributed by atoms with Crippen molar-refractivity contribution in [2.75, 3.05) is 13.7 Å². The molecule has 0 saturated carbocycles. The average Bonchev–Trinajstić information content (AvgIpc) is 2.96. The smallest absolute Gasteiger partial charge is 0.170 e. The highest BCUT2D eigenvalue weighted by atomic mass is 32.2. The van der Waals surface area contributed by atoms with Gasteiger partial charge < -0.3 is 9.84 Å². The molecule has 1 aromatic carbocycles.